The van der Waals surface area contributed by atoms with Crippen LogP contribution >= 0.6 is 0 Å². The fourth-order valence-electron chi connectivity index (χ4n) is 1.00. The summed E-state index contributed by atoms with van der Waals surface area (Å²) in [5, 5.41) is 0. The Labute approximate surface area is 78.9 Å². The number of pyridine rings is 1. The Bertz CT molecular complexity index is 250. The van der Waals surface area contributed by atoms with Gasteiger partial charge in [0.15, 0.2) is 0 Å². The molecule has 0 radical (unpaired) electrons. The van der Waals surface area contributed by atoms with Crippen molar-refractivity contribution in [2.75, 3.05) is 12.3 Å². The molecule has 0 saturated heterocycles. The maximum atomic E-state index is 5.64. The van der Waals surface area contributed by atoms with Crippen LogP contribution in [-0.4, -0.2) is 11.6 Å². The van der Waals surface area contributed by atoms with E-state index in [1.165, 1.54) is 0 Å². The lowest BCUT2D eigenvalue weighted by Gasteiger charge is -2.04. The third-order valence-electron chi connectivity index (χ3n) is 1.83. The first kappa shape index (κ1) is 9.99. The van der Waals surface area contributed by atoms with E-state index in [0.717, 1.165) is 25.0 Å². The zero-order chi connectivity index (χ0) is 9.52. The van der Waals surface area contributed by atoms with Crippen LogP contribution in [0.15, 0.2) is 18.3 Å². The zero-order valence-corrected chi connectivity index (χ0v) is 7.99. The average molecular weight is 180 g/mol. The topological polar surface area (TPSA) is 48.1 Å². The summed E-state index contributed by atoms with van der Waals surface area (Å²) in [6.07, 6.45) is 3.94. The minimum Gasteiger partial charge on any atom is -0.383 e. The van der Waals surface area contributed by atoms with Crippen LogP contribution in [0, 0.1) is 0 Å². The SMILES string of the molecule is CCCCOCc1cccnc1N. The first-order valence-electron chi connectivity index (χ1n) is 4.61. The van der Waals surface area contributed by atoms with E-state index in [1.807, 2.05) is 12.1 Å². The molecule has 0 aliphatic carbocycles. The van der Waals surface area contributed by atoms with E-state index in [-0.39, 0.29) is 0 Å². The molecule has 1 heterocycles. The van der Waals surface area contributed by atoms with E-state index in [2.05, 4.69) is 11.9 Å². The van der Waals surface area contributed by atoms with Crippen molar-refractivity contribution in [2.45, 2.75) is 26.4 Å². The monoisotopic (exact) mass is 180 g/mol. The summed E-state index contributed by atoms with van der Waals surface area (Å²) in [6.45, 7) is 3.51. The highest BCUT2D eigenvalue weighted by atomic mass is 16.5. The molecule has 0 unspecified atom stereocenters. The Morgan fingerprint density at radius 1 is 1.54 bits per heavy atom. The predicted octanol–water partition coefficient (Wildman–Crippen LogP) is 1.98. The van der Waals surface area contributed by atoms with E-state index in [9.17, 15) is 0 Å². The largest absolute Gasteiger partial charge is 0.383 e. The Kier molecular flexibility index (Phi) is 4.26. The van der Waals surface area contributed by atoms with Gasteiger partial charge in [-0.2, -0.15) is 0 Å². The number of unbranched alkanes of at least 4 members (excludes halogenated alkanes) is 1. The zero-order valence-electron chi connectivity index (χ0n) is 7.99. The normalized spacial score (nSPS) is 10.2. The van der Waals surface area contributed by atoms with E-state index in [4.69, 9.17) is 10.5 Å². The molecule has 0 aliphatic heterocycles. The Morgan fingerprint density at radius 2 is 2.38 bits per heavy atom. The smallest absolute Gasteiger partial charge is 0.128 e. The molecule has 3 heteroatoms. The van der Waals surface area contributed by atoms with Crippen LogP contribution < -0.4 is 5.73 Å². The van der Waals surface area contributed by atoms with Gasteiger partial charge in [0.2, 0.25) is 0 Å². The quantitative estimate of drug-likeness (QED) is 0.705. The summed E-state index contributed by atoms with van der Waals surface area (Å²) in [4.78, 5) is 3.98. The van der Waals surface area contributed by atoms with Gasteiger partial charge < -0.3 is 10.5 Å². The highest BCUT2D eigenvalue weighted by molar-refractivity contribution is 5.37. The average Bonchev–Trinajstić information content (AvgIpc) is 2.15. The summed E-state index contributed by atoms with van der Waals surface area (Å²) < 4.78 is 5.42. The summed E-state index contributed by atoms with van der Waals surface area (Å²) in [6, 6.07) is 3.81. The fraction of sp³-hybridized carbons (Fsp3) is 0.500. The molecule has 0 aliphatic rings. The van der Waals surface area contributed by atoms with Crippen molar-refractivity contribution in [3.05, 3.63) is 23.9 Å². The first-order chi connectivity index (χ1) is 6.34. The van der Waals surface area contributed by atoms with Crippen LogP contribution in [0.2, 0.25) is 0 Å². The van der Waals surface area contributed by atoms with Crippen molar-refractivity contribution >= 4 is 5.82 Å². The number of nitrogen functional groups attached to an aromatic ring is 1. The summed E-state index contributed by atoms with van der Waals surface area (Å²) in [7, 11) is 0. The lowest BCUT2D eigenvalue weighted by molar-refractivity contribution is 0.118. The second kappa shape index (κ2) is 5.54. The minimum atomic E-state index is 0.569. The van der Waals surface area contributed by atoms with E-state index in [0.29, 0.717) is 12.4 Å². The third kappa shape index (κ3) is 3.42. The number of ether oxygens (including phenoxy) is 1. The molecule has 0 bridgehead atoms. The lowest BCUT2D eigenvalue weighted by Crippen LogP contribution is -2.00. The molecule has 0 amide bonds. The number of anilines is 1. The molecule has 3 nitrogen and oxygen atoms in total. The van der Waals surface area contributed by atoms with E-state index in [1.54, 1.807) is 6.20 Å². The van der Waals surface area contributed by atoms with Crippen LogP contribution in [0.5, 0.6) is 0 Å². The minimum absolute atomic E-state index is 0.569. The van der Waals surface area contributed by atoms with Crippen molar-refractivity contribution in [1.82, 2.24) is 4.98 Å². The van der Waals surface area contributed by atoms with Crippen LogP contribution in [0.1, 0.15) is 25.3 Å². The number of rotatable bonds is 5. The molecule has 0 fully saturated rings. The van der Waals surface area contributed by atoms with Crippen molar-refractivity contribution in [1.29, 1.82) is 0 Å². The molecule has 0 atom stereocenters. The van der Waals surface area contributed by atoms with Crippen LogP contribution in [0.3, 0.4) is 0 Å². The highest BCUT2D eigenvalue weighted by Gasteiger charge is 1.97. The molecular weight excluding hydrogens is 164 g/mol. The number of nitrogens with zero attached hydrogens (tertiary/aromatic N) is 1. The molecule has 2 N–H and O–H groups in total. The molecule has 0 spiro atoms. The van der Waals surface area contributed by atoms with Crippen LogP contribution in [-0.2, 0) is 11.3 Å². The standard InChI is InChI=1S/C10H16N2O/c1-2-3-7-13-8-9-5-4-6-12-10(9)11/h4-6H,2-3,7-8H2,1H3,(H2,11,12). The maximum absolute atomic E-state index is 5.64. The molecule has 13 heavy (non-hydrogen) atoms. The second-order valence-electron chi connectivity index (χ2n) is 2.95. The number of aromatic nitrogens is 1. The Balaban J connectivity index is 2.32. The number of nitrogens with two attached hydrogens (primary N) is 1. The van der Waals surface area contributed by atoms with Gasteiger partial charge in [-0.15, -0.1) is 0 Å². The second-order valence-corrected chi connectivity index (χ2v) is 2.95. The van der Waals surface area contributed by atoms with Crippen molar-refractivity contribution < 1.29 is 4.74 Å². The van der Waals surface area contributed by atoms with Crippen LogP contribution in [0.4, 0.5) is 5.82 Å². The maximum Gasteiger partial charge on any atom is 0.128 e. The van der Waals surface area contributed by atoms with E-state index < -0.39 is 0 Å². The van der Waals surface area contributed by atoms with Crippen molar-refractivity contribution in [2.24, 2.45) is 0 Å². The number of hydrogen-bond acceptors (Lipinski definition) is 3. The Morgan fingerprint density at radius 3 is 3.08 bits per heavy atom. The van der Waals surface area contributed by atoms with Crippen molar-refractivity contribution in [3.63, 3.8) is 0 Å². The molecule has 1 aromatic rings. The molecule has 1 aromatic heterocycles. The van der Waals surface area contributed by atoms with Gasteiger partial charge >= 0.3 is 0 Å². The molecule has 1 rings (SSSR count). The van der Waals surface area contributed by atoms with Gasteiger partial charge in [-0.1, -0.05) is 19.4 Å². The van der Waals surface area contributed by atoms with Gasteiger partial charge in [0.05, 0.1) is 6.61 Å². The van der Waals surface area contributed by atoms with Gasteiger partial charge in [0.1, 0.15) is 5.82 Å². The van der Waals surface area contributed by atoms with Gasteiger partial charge in [-0.25, -0.2) is 4.98 Å². The number of hydrogen-bond donors (Lipinski definition) is 1. The molecule has 0 saturated carbocycles. The lowest BCUT2D eigenvalue weighted by atomic mass is 10.3. The van der Waals surface area contributed by atoms with Gasteiger partial charge in [0.25, 0.3) is 0 Å². The third-order valence-corrected chi connectivity index (χ3v) is 1.83. The first-order valence-corrected chi connectivity index (χ1v) is 4.61. The van der Waals surface area contributed by atoms with E-state index >= 15 is 0 Å². The molecule has 0 aromatic carbocycles. The summed E-state index contributed by atoms with van der Waals surface area (Å²) in [5.41, 5.74) is 6.62. The predicted molar refractivity (Wildman–Crippen MR) is 53.2 cm³/mol. The van der Waals surface area contributed by atoms with Gasteiger partial charge in [-0.3, -0.25) is 0 Å². The van der Waals surface area contributed by atoms with Gasteiger partial charge in [-0.05, 0) is 12.5 Å². The fourth-order valence-corrected chi connectivity index (χ4v) is 1.00. The molecule has 72 valence electrons. The van der Waals surface area contributed by atoms with Crippen molar-refractivity contribution in [3.8, 4) is 0 Å². The summed E-state index contributed by atoms with van der Waals surface area (Å²) >= 11 is 0. The Hall–Kier alpha value is -1.09. The highest BCUT2D eigenvalue weighted by Crippen LogP contribution is 2.08. The van der Waals surface area contributed by atoms with Gasteiger partial charge in [0, 0.05) is 18.4 Å². The summed E-state index contributed by atoms with van der Waals surface area (Å²) in [5.74, 6) is 0.569. The van der Waals surface area contributed by atoms with Crippen LogP contribution in [0.25, 0.3) is 0 Å². The molecular formula is C10H16N2O.